The number of aryl methyl sites for hydroxylation is 1. The molecule has 0 aliphatic heterocycles. The van der Waals surface area contributed by atoms with Crippen molar-refractivity contribution < 1.29 is 0 Å². The maximum atomic E-state index is 6.39. The summed E-state index contributed by atoms with van der Waals surface area (Å²) in [6.07, 6.45) is 5.69. The molecule has 4 heteroatoms. The van der Waals surface area contributed by atoms with Gasteiger partial charge in [0.2, 0.25) is 0 Å². The van der Waals surface area contributed by atoms with Gasteiger partial charge in [0.05, 0.1) is 16.1 Å². The molecule has 1 aromatic heterocycles. The van der Waals surface area contributed by atoms with Crippen LogP contribution in [0.25, 0.3) is 11.0 Å². The van der Waals surface area contributed by atoms with Crippen LogP contribution >= 0.6 is 23.2 Å². The van der Waals surface area contributed by atoms with Crippen molar-refractivity contribution in [3.05, 3.63) is 29.0 Å². The molecule has 20 heavy (non-hydrogen) atoms. The topological polar surface area (TPSA) is 17.8 Å². The summed E-state index contributed by atoms with van der Waals surface area (Å²) >= 11 is 12.3. The summed E-state index contributed by atoms with van der Waals surface area (Å²) in [4.78, 5) is 4.71. The molecule has 0 saturated heterocycles. The first-order valence-electron chi connectivity index (χ1n) is 7.40. The van der Waals surface area contributed by atoms with Gasteiger partial charge in [0, 0.05) is 18.3 Å². The Morgan fingerprint density at radius 3 is 2.80 bits per heavy atom. The molecule has 0 N–H and O–H groups in total. The number of rotatable bonds is 7. The molecule has 0 bridgehead atoms. The van der Waals surface area contributed by atoms with Gasteiger partial charge in [0.25, 0.3) is 0 Å². The summed E-state index contributed by atoms with van der Waals surface area (Å²) in [6, 6.07) is 6.32. The molecule has 0 aliphatic rings. The standard InChI is InChI=1S/C16H22Cl2N2/c1-3-4-5-7-12(2)20-15(10-11-17)19-14-9-6-8-13(18)16(14)20/h6,8-9,12H,3-5,7,10-11H2,1-2H3. The fraction of sp³-hybridized carbons (Fsp3) is 0.562. The van der Waals surface area contributed by atoms with Crippen molar-refractivity contribution in [2.24, 2.45) is 0 Å². The number of alkyl halides is 1. The van der Waals surface area contributed by atoms with Gasteiger partial charge in [-0.25, -0.2) is 4.98 Å². The Morgan fingerprint density at radius 1 is 1.30 bits per heavy atom. The van der Waals surface area contributed by atoms with Crippen molar-refractivity contribution in [1.82, 2.24) is 9.55 Å². The molecule has 0 amide bonds. The van der Waals surface area contributed by atoms with Gasteiger partial charge >= 0.3 is 0 Å². The summed E-state index contributed by atoms with van der Waals surface area (Å²) < 4.78 is 2.29. The van der Waals surface area contributed by atoms with E-state index in [1.54, 1.807) is 0 Å². The molecular formula is C16H22Cl2N2. The number of benzene rings is 1. The van der Waals surface area contributed by atoms with E-state index in [0.717, 1.165) is 34.7 Å². The lowest BCUT2D eigenvalue weighted by atomic mass is 10.1. The molecule has 1 aromatic carbocycles. The highest BCUT2D eigenvalue weighted by Crippen LogP contribution is 2.30. The maximum Gasteiger partial charge on any atom is 0.111 e. The summed E-state index contributed by atoms with van der Waals surface area (Å²) in [6.45, 7) is 4.48. The van der Waals surface area contributed by atoms with E-state index >= 15 is 0 Å². The summed E-state index contributed by atoms with van der Waals surface area (Å²) in [7, 11) is 0. The van der Waals surface area contributed by atoms with Crippen LogP contribution in [0.1, 0.15) is 51.4 Å². The molecule has 110 valence electrons. The molecule has 1 atom stereocenters. The van der Waals surface area contributed by atoms with E-state index in [-0.39, 0.29) is 0 Å². The van der Waals surface area contributed by atoms with Crippen LogP contribution in [0.4, 0.5) is 0 Å². The Kier molecular flexibility index (Phi) is 5.74. The molecule has 0 aliphatic carbocycles. The molecule has 0 fully saturated rings. The predicted octanol–water partition coefficient (Wildman–Crippen LogP) is 5.61. The van der Waals surface area contributed by atoms with Crippen LogP contribution in [0.5, 0.6) is 0 Å². The van der Waals surface area contributed by atoms with Gasteiger partial charge in [-0.15, -0.1) is 11.6 Å². The number of fused-ring (bicyclic) bond motifs is 1. The monoisotopic (exact) mass is 312 g/mol. The SMILES string of the molecule is CCCCCC(C)n1c(CCCl)nc2cccc(Cl)c21. The minimum atomic E-state index is 0.407. The Labute approximate surface area is 131 Å². The molecule has 1 unspecified atom stereocenters. The van der Waals surface area contributed by atoms with Crippen LogP contribution < -0.4 is 0 Å². The number of halogens is 2. The largest absolute Gasteiger partial charge is 0.324 e. The van der Waals surface area contributed by atoms with Gasteiger partial charge in [0.15, 0.2) is 0 Å². The van der Waals surface area contributed by atoms with E-state index < -0.39 is 0 Å². The quantitative estimate of drug-likeness (QED) is 0.480. The third-order valence-corrected chi connectivity index (χ3v) is 4.21. The number of hydrogen-bond donors (Lipinski definition) is 0. The van der Waals surface area contributed by atoms with E-state index in [4.69, 9.17) is 28.2 Å². The van der Waals surface area contributed by atoms with Gasteiger partial charge in [-0.3, -0.25) is 0 Å². The number of para-hydroxylation sites is 1. The highest BCUT2D eigenvalue weighted by Gasteiger charge is 2.17. The van der Waals surface area contributed by atoms with Crippen molar-refractivity contribution in [2.45, 2.75) is 52.0 Å². The average molecular weight is 313 g/mol. The molecule has 2 aromatic rings. The van der Waals surface area contributed by atoms with Crippen molar-refractivity contribution in [2.75, 3.05) is 5.88 Å². The molecule has 2 rings (SSSR count). The molecular weight excluding hydrogens is 291 g/mol. The van der Waals surface area contributed by atoms with Gasteiger partial charge in [-0.2, -0.15) is 0 Å². The highest BCUT2D eigenvalue weighted by molar-refractivity contribution is 6.35. The molecule has 0 radical (unpaired) electrons. The van der Waals surface area contributed by atoms with E-state index in [0.29, 0.717) is 11.9 Å². The first kappa shape index (κ1) is 15.7. The summed E-state index contributed by atoms with van der Waals surface area (Å²) in [5, 5.41) is 0.776. The maximum absolute atomic E-state index is 6.39. The lowest BCUT2D eigenvalue weighted by Crippen LogP contribution is -2.10. The van der Waals surface area contributed by atoms with Crippen LogP contribution in [0.2, 0.25) is 5.02 Å². The lowest BCUT2D eigenvalue weighted by Gasteiger charge is -2.18. The first-order chi connectivity index (χ1) is 9.69. The molecule has 1 heterocycles. The van der Waals surface area contributed by atoms with Crippen LogP contribution in [-0.4, -0.2) is 15.4 Å². The Bertz CT molecular complexity index is 563. The van der Waals surface area contributed by atoms with Crippen LogP contribution in [0, 0.1) is 0 Å². The van der Waals surface area contributed by atoms with E-state index in [1.807, 2.05) is 18.2 Å². The van der Waals surface area contributed by atoms with Crippen LogP contribution in [0.15, 0.2) is 18.2 Å². The second-order valence-corrected chi connectivity index (χ2v) is 6.07. The second kappa shape index (κ2) is 7.33. The minimum Gasteiger partial charge on any atom is -0.324 e. The van der Waals surface area contributed by atoms with Crippen LogP contribution in [-0.2, 0) is 6.42 Å². The van der Waals surface area contributed by atoms with Crippen LogP contribution in [0.3, 0.4) is 0 Å². The predicted molar refractivity (Wildman–Crippen MR) is 88.0 cm³/mol. The summed E-state index contributed by atoms with van der Waals surface area (Å²) in [5.74, 6) is 1.63. The van der Waals surface area contributed by atoms with E-state index in [2.05, 4.69) is 18.4 Å². The van der Waals surface area contributed by atoms with E-state index in [1.165, 1.54) is 19.3 Å². The molecule has 0 saturated carbocycles. The third kappa shape index (κ3) is 3.29. The minimum absolute atomic E-state index is 0.407. The smallest absolute Gasteiger partial charge is 0.111 e. The van der Waals surface area contributed by atoms with Gasteiger partial charge in [-0.1, -0.05) is 43.9 Å². The third-order valence-electron chi connectivity index (χ3n) is 3.72. The highest BCUT2D eigenvalue weighted by atomic mass is 35.5. The van der Waals surface area contributed by atoms with Gasteiger partial charge in [0.1, 0.15) is 5.82 Å². The average Bonchev–Trinajstić information content (AvgIpc) is 2.79. The number of aromatic nitrogens is 2. The second-order valence-electron chi connectivity index (χ2n) is 5.29. The number of nitrogens with zero attached hydrogens (tertiary/aromatic N) is 2. The summed E-state index contributed by atoms with van der Waals surface area (Å²) in [5.41, 5.74) is 2.03. The number of unbranched alkanes of at least 4 members (excludes halogenated alkanes) is 2. The Balaban J connectivity index is 2.39. The number of imidazole rings is 1. The Hall–Kier alpha value is -0.730. The molecule has 0 spiro atoms. The number of hydrogen-bond acceptors (Lipinski definition) is 1. The fourth-order valence-corrected chi connectivity index (χ4v) is 3.14. The molecule has 2 nitrogen and oxygen atoms in total. The normalized spacial score (nSPS) is 13.0. The zero-order chi connectivity index (χ0) is 14.5. The van der Waals surface area contributed by atoms with Gasteiger partial charge in [-0.05, 0) is 25.5 Å². The van der Waals surface area contributed by atoms with E-state index in [9.17, 15) is 0 Å². The van der Waals surface area contributed by atoms with Crippen molar-refractivity contribution in [1.29, 1.82) is 0 Å². The van der Waals surface area contributed by atoms with Gasteiger partial charge < -0.3 is 4.57 Å². The van der Waals surface area contributed by atoms with Crippen molar-refractivity contribution in [3.63, 3.8) is 0 Å². The zero-order valence-electron chi connectivity index (χ0n) is 12.2. The fourth-order valence-electron chi connectivity index (χ4n) is 2.71. The van der Waals surface area contributed by atoms with Crippen molar-refractivity contribution in [3.8, 4) is 0 Å². The Morgan fingerprint density at radius 2 is 2.10 bits per heavy atom. The first-order valence-corrected chi connectivity index (χ1v) is 8.31. The zero-order valence-corrected chi connectivity index (χ0v) is 13.7. The van der Waals surface area contributed by atoms with Crippen molar-refractivity contribution >= 4 is 34.2 Å². The lowest BCUT2D eigenvalue weighted by molar-refractivity contribution is 0.474.